The lowest BCUT2D eigenvalue weighted by atomic mass is 9.58. The smallest absolute Gasteiger partial charge is 0.252 e. The predicted octanol–water partition coefficient (Wildman–Crippen LogP) is 2.42. The molecule has 0 radical (unpaired) electrons. The summed E-state index contributed by atoms with van der Waals surface area (Å²) >= 11 is 1.47. The van der Waals surface area contributed by atoms with Crippen molar-refractivity contribution in [3.05, 3.63) is 45.5 Å². The number of carbonyl (C=O) groups excluding carboxylic acids is 4. The molecular weight excluding hydrogens is 517 g/mol. The number of primary amides is 1. The van der Waals surface area contributed by atoms with Crippen LogP contribution in [0, 0.1) is 18.8 Å². The summed E-state index contributed by atoms with van der Waals surface area (Å²) in [6.45, 7) is 2.99. The predicted molar refractivity (Wildman–Crippen MR) is 117 cm³/mol. The molecule has 3 atom stereocenters. The Morgan fingerprint density at radius 1 is 1.26 bits per heavy atom. The summed E-state index contributed by atoms with van der Waals surface area (Å²) in [6.07, 6.45) is 2.22. The third-order valence-corrected chi connectivity index (χ3v) is 7.32. The van der Waals surface area contributed by atoms with Gasteiger partial charge in [0.25, 0.3) is 5.91 Å². The molecule has 8 nitrogen and oxygen atoms in total. The first-order valence-corrected chi connectivity index (χ1v) is 10.6. The van der Waals surface area contributed by atoms with Gasteiger partial charge >= 0.3 is 0 Å². The maximum Gasteiger partial charge on any atom is 0.252 e. The van der Waals surface area contributed by atoms with Gasteiger partial charge < -0.3 is 15.9 Å². The minimum absolute atomic E-state index is 0.0285. The van der Waals surface area contributed by atoms with Crippen LogP contribution in [0.3, 0.4) is 0 Å². The Morgan fingerprint density at radius 3 is 2.52 bits per heavy atom. The van der Waals surface area contributed by atoms with Gasteiger partial charge in [0, 0.05) is 17.1 Å². The molecule has 1 aromatic carbocycles. The molecule has 162 valence electrons. The monoisotopic (exact) mass is 537 g/mol. The first-order valence-electron chi connectivity index (χ1n) is 9.75. The van der Waals surface area contributed by atoms with Crippen LogP contribution in [-0.2, 0) is 23.9 Å². The first kappa shape index (κ1) is 21.7. The Bertz CT molecular complexity index is 1150. The zero-order valence-electron chi connectivity index (χ0n) is 16.8. The Balaban J connectivity index is 1.96. The van der Waals surface area contributed by atoms with Crippen LogP contribution in [-0.4, -0.2) is 39.1 Å². The van der Waals surface area contributed by atoms with Gasteiger partial charge in [0.2, 0.25) is 17.2 Å². The van der Waals surface area contributed by atoms with Gasteiger partial charge in [-0.25, -0.2) is 0 Å². The van der Waals surface area contributed by atoms with Crippen molar-refractivity contribution in [1.29, 1.82) is 0 Å². The standard InChI is InChI=1S/C22H20INO7/c1-8-5-13(9(2)25)14-7-10-6-11-3-4-12(21(24)30)19(28)22(11,31-23)20(29)15(10)18(27)16(14)17(8)26/h4-5,10-11,26-27H,3,6-7H2,1-2H3,(H2,24,30)/t10-,11-,22-/m1/s1. The third-order valence-electron chi connectivity index (χ3n) is 6.63. The van der Waals surface area contributed by atoms with E-state index in [0.29, 0.717) is 23.1 Å². The van der Waals surface area contributed by atoms with Crippen molar-refractivity contribution < 1.29 is 32.5 Å². The van der Waals surface area contributed by atoms with Crippen molar-refractivity contribution in [2.45, 2.75) is 38.7 Å². The molecule has 0 saturated heterocycles. The summed E-state index contributed by atoms with van der Waals surface area (Å²) in [7, 11) is 0. The Hall–Kier alpha value is -2.53. The maximum atomic E-state index is 13.7. The highest BCUT2D eigenvalue weighted by molar-refractivity contribution is 14.1. The lowest BCUT2D eigenvalue weighted by Crippen LogP contribution is -2.61. The number of aryl methyl sites for hydroxylation is 1. The van der Waals surface area contributed by atoms with Crippen LogP contribution in [0.4, 0.5) is 0 Å². The van der Waals surface area contributed by atoms with Crippen molar-refractivity contribution in [1.82, 2.24) is 0 Å². The molecule has 1 fully saturated rings. The zero-order chi connectivity index (χ0) is 22.8. The number of hydrogen-bond donors (Lipinski definition) is 3. The van der Waals surface area contributed by atoms with E-state index in [1.54, 1.807) is 13.0 Å². The molecule has 0 bridgehead atoms. The lowest BCUT2D eigenvalue weighted by Gasteiger charge is -2.46. The normalized spacial score (nSPS) is 27.3. The van der Waals surface area contributed by atoms with Gasteiger partial charge in [0.05, 0.1) is 11.1 Å². The van der Waals surface area contributed by atoms with Gasteiger partial charge in [0.1, 0.15) is 34.5 Å². The number of allylic oxidation sites excluding steroid dienone is 1. The van der Waals surface area contributed by atoms with E-state index in [4.69, 9.17) is 8.80 Å². The number of rotatable bonds is 3. The molecule has 1 saturated carbocycles. The number of benzene rings is 1. The second-order valence-corrected chi connectivity index (χ2v) is 8.72. The topological polar surface area (TPSA) is 144 Å². The van der Waals surface area contributed by atoms with Gasteiger partial charge in [-0.15, -0.1) is 0 Å². The van der Waals surface area contributed by atoms with Crippen LogP contribution in [0.15, 0.2) is 23.3 Å². The quantitative estimate of drug-likeness (QED) is 0.233. The summed E-state index contributed by atoms with van der Waals surface area (Å²) < 4.78 is 5.45. The van der Waals surface area contributed by atoms with Crippen molar-refractivity contribution in [2.24, 2.45) is 17.6 Å². The van der Waals surface area contributed by atoms with Crippen molar-refractivity contribution in [3.63, 3.8) is 0 Å². The molecule has 1 amide bonds. The lowest BCUT2D eigenvalue weighted by molar-refractivity contribution is -0.149. The van der Waals surface area contributed by atoms with Gasteiger partial charge in [-0.3, -0.25) is 22.2 Å². The molecule has 0 heterocycles. The summed E-state index contributed by atoms with van der Waals surface area (Å²) in [6, 6.07) is 1.57. The van der Waals surface area contributed by atoms with Crippen LogP contribution >= 0.6 is 23.0 Å². The number of Topliss-reactive ketones (excluding diaryl/α,β-unsaturated/α-hetero) is 3. The van der Waals surface area contributed by atoms with E-state index >= 15 is 0 Å². The molecule has 31 heavy (non-hydrogen) atoms. The minimum atomic E-state index is -1.97. The van der Waals surface area contributed by atoms with E-state index in [0.717, 1.165) is 0 Å². The summed E-state index contributed by atoms with van der Waals surface area (Å²) in [5, 5.41) is 21.7. The number of fused-ring (bicyclic) bond motifs is 3. The molecule has 0 aliphatic heterocycles. The average Bonchev–Trinajstić information content (AvgIpc) is 2.70. The number of hydrogen-bond acceptors (Lipinski definition) is 7. The number of amides is 1. The molecule has 3 aliphatic rings. The van der Waals surface area contributed by atoms with E-state index in [1.165, 1.54) is 36.0 Å². The Morgan fingerprint density at radius 2 is 1.94 bits per heavy atom. The maximum absolute atomic E-state index is 13.7. The second kappa shape index (κ2) is 7.27. The third kappa shape index (κ3) is 2.82. The largest absolute Gasteiger partial charge is 0.507 e. The highest BCUT2D eigenvalue weighted by atomic mass is 127. The van der Waals surface area contributed by atoms with Crippen molar-refractivity contribution >= 4 is 52.0 Å². The molecule has 0 spiro atoms. The number of aliphatic hydroxyl groups is 1. The molecule has 3 aliphatic carbocycles. The molecule has 9 heteroatoms. The first-order chi connectivity index (χ1) is 14.6. The molecule has 1 aromatic rings. The van der Waals surface area contributed by atoms with E-state index in [2.05, 4.69) is 0 Å². The zero-order valence-corrected chi connectivity index (χ0v) is 19.0. The van der Waals surface area contributed by atoms with Gasteiger partial charge in [-0.1, -0.05) is 6.08 Å². The van der Waals surface area contributed by atoms with Crippen LogP contribution in [0.1, 0.15) is 46.8 Å². The minimum Gasteiger partial charge on any atom is -0.507 e. The van der Waals surface area contributed by atoms with Crippen LogP contribution in [0.2, 0.25) is 0 Å². The Labute approximate surface area is 191 Å². The number of nitrogens with two attached hydrogens (primary N) is 1. The van der Waals surface area contributed by atoms with Crippen LogP contribution < -0.4 is 5.73 Å². The molecule has 4 rings (SSSR count). The summed E-state index contributed by atoms with van der Waals surface area (Å²) in [5.74, 6) is -4.45. The van der Waals surface area contributed by atoms with Gasteiger partial charge in [-0.05, 0) is 56.2 Å². The second-order valence-electron chi connectivity index (χ2n) is 8.28. The van der Waals surface area contributed by atoms with Gasteiger partial charge in [0.15, 0.2) is 5.78 Å². The van der Waals surface area contributed by atoms with Crippen LogP contribution in [0.5, 0.6) is 5.75 Å². The molecular formula is C22H20INO7. The van der Waals surface area contributed by atoms with Crippen molar-refractivity contribution in [2.75, 3.05) is 0 Å². The number of aromatic hydroxyl groups is 1. The highest BCUT2D eigenvalue weighted by Crippen LogP contribution is 2.53. The van der Waals surface area contributed by atoms with E-state index in [1.807, 2.05) is 0 Å². The average molecular weight is 537 g/mol. The molecule has 0 aromatic heterocycles. The highest BCUT2D eigenvalue weighted by Gasteiger charge is 2.62. The number of halogens is 1. The fraction of sp³-hybridized carbons (Fsp3) is 0.364. The number of ketones is 3. The van der Waals surface area contributed by atoms with E-state index < -0.39 is 40.7 Å². The van der Waals surface area contributed by atoms with Crippen molar-refractivity contribution in [3.8, 4) is 5.75 Å². The number of phenols is 1. The molecule has 0 unspecified atom stereocenters. The Kier molecular flexibility index (Phi) is 5.08. The van der Waals surface area contributed by atoms with Crippen LogP contribution in [0.25, 0.3) is 5.76 Å². The number of aliphatic hydroxyl groups excluding tert-OH is 1. The fourth-order valence-electron chi connectivity index (χ4n) is 5.14. The fourth-order valence-corrected chi connectivity index (χ4v) is 5.90. The summed E-state index contributed by atoms with van der Waals surface area (Å²) in [5.41, 5.74) is 4.28. The van der Waals surface area contributed by atoms with E-state index in [-0.39, 0.29) is 41.1 Å². The van der Waals surface area contributed by atoms with E-state index in [9.17, 15) is 29.4 Å². The molecule has 4 N–H and O–H groups in total. The van der Waals surface area contributed by atoms with Gasteiger partial charge in [-0.2, -0.15) is 0 Å². The number of carbonyl (C=O) groups is 4. The summed E-state index contributed by atoms with van der Waals surface area (Å²) in [4.78, 5) is 50.8. The SMILES string of the molecule is CC(=O)c1cc(C)c(O)c2c1C[C@H]1C[C@H]3CC=C(C(N)=O)C(=O)[C@@]3(OI)C(=O)C1=C2O. The number of phenolic OH excluding ortho intramolecular Hbond substituents is 1.